The number of Topliss-reactive ketones (excluding diaryl/α,β-unsaturated/α-hetero) is 1. The first-order chi connectivity index (χ1) is 7.34. The molecule has 0 aromatic carbocycles. The molecule has 0 bridgehead atoms. The van der Waals surface area contributed by atoms with Crippen LogP contribution in [0.2, 0.25) is 0 Å². The molecule has 0 spiro atoms. The molecule has 0 aliphatic rings. The summed E-state index contributed by atoms with van der Waals surface area (Å²) in [5.74, 6) is 0.825. The van der Waals surface area contributed by atoms with E-state index in [0.717, 1.165) is 0 Å². The Morgan fingerprint density at radius 3 is 2.06 bits per heavy atom. The van der Waals surface area contributed by atoms with Gasteiger partial charge in [0.2, 0.25) is 5.91 Å². The maximum absolute atomic E-state index is 11.6. The van der Waals surface area contributed by atoms with Gasteiger partial charge in [0.25, 0.3) is 0 Å². The monoisotopic (exact) mass is 227 g/mol. The SMILES string of the molecule is CC(C)CNC(=O)CCC(C)C(=O)C(C)C. The van der Waals surface area contributed by atoms with Crippen molar-refractivity contribution >= 4 is 11.7 Å². The Hall–Kier alpha value is -0.860. The molecule has 1 unspecified atom stereocenters. The molecule has 0 rings (SSSR count). The van der Waals surface area contributed by atoms with Crippen molar-refractivity contribution in [1.29, 1.82) is 0 Å². The van der Waals surface area contributed by atoms with Crippen LogP contribution in [0.4, 0.5) is 0 Å². The average Bonchev–Trinajstić information content (AvgIpc) is 2.21. The summed E-state index contributed by atoms with van der Waals surface area (Å²) in [6, 6.07) is 0. The maximum Gasteiger partial charge on any atom is 0.220 e. The summed E-state index contributed by atoms with van der Waals surface area (Å²) in [5.41, 5.74) is 0. The molecule has 94 valence electrons. The minimum atomic E-state index is -0.00944. The van der Waals surface area contributed by atoms with E-state index in [4.69, 9.17) is 0 Å². The van der Waals surface area contributed by atoms with Crippen LogP contribution in [0.1, 0.15) is 47.5 Å². The lowest BCUT2D eigenvalue weighted by Gasteiger charge is -2.13. The van der Waals surface area contributed by atoms with Gasteiger partial charge in [-0.3, -0.25) is 9.59 Å². The van der Waals surface area contributed by atoms with Crippen molar-refractivity contribution in [1.82, 2.24) is 5.32 Å². The molecule has 0 radical (unpaired) electrons. The van der Waals surface area contributed by atoms with E-state index in [1.807, 2.05) is 20.8 Å². The first-order valence-electron chi connectivity index (χ1n) is 6.15. The van der Waals surface area contributed by atoms with Crippen molar-refractivity contribution in [3.63, 3.8) is 0 Å². The molecular weight excluding hydrogens is 202 g/mol. The predicted molar refractivity (Wildman–Crippen MR) is 66.1 cm³/mol. The van der Waals surface area contributed by atoms with Crippen LogP contribution in [-0.2, 0) is 9.59 Å². The third kappa shape index (κ3) is 6.59. The van der Waals surface area contributed by atoms with Gasteiger partial charge in [-0.05, 0) is 12.3 Å². The molecule has 1 atom stereocenters. The summed E-state index contributed by atoms with van der Waals surface area (Å²) < 4.78 is 0. The molecule has 0 heterocycles. The first-order valence-corrected chi connectivity index (χ1v) is 6.15. The largest absolute Gasteiger partial charge is 0.356 e. The summed E-state index contributed by atoms with van der Waals surface area (Å²) in [7, 11) is 0. The molecule has 0 aromatic heterocycles. The van der Waals surface area contributed by atoms with E-state index in [9.17, 15) is 9.59 Å². The number of carbonyl (C=O) groups excluding carboxylic acids is 2. The van der Waals surface area contributed by atoms with Crippen LogP contribution in [0, 0.1) is 17.8 Å². The van der Waals surface area contributed by atoms with E-state index < -0.39 is 0 Å². The van der Waals surface area contributed by atoms with Crippen LogP contribution in [-0.4, -0.2) is 18.2 Å². The minimum absolute atomic E-state index is 0.00944. The van der Waals surface area contributed by atoms with Gasteiger partial charge in [0, 0.05) is 24.8 Å². The number of hydrogen-bond acceptors (Lipinski definition) is 2. The zero-order chi connectivity index (χ0) is 12.7. The van der Waals surface area contributed by atoms with Gasteiger partial charge in [-0.15, -0.1) is 0 Å². The van der Waals surface area contributed by atoms with Crippen LogP contribution in [0.5, 0.6) is 0 Å². The molecule has 0 aliphatic heterocycles. The lowest BCUT2D eigenvalue weighted by Crippen LogP contribution is -2.28. The fourth-order valence-electron chi connectivity index (χ4n) is 1.47. The Bertz CT molecular complexity index is 234. The van der Waals surface area contributed by atoms with Crippen LogP contribution in [0.25, 0.3) is 0 Å². The highest BCUT2D eigenvalue weighted by atomic mass is 16.1. The van der Waals surface area contributed by atoms with Crippen LogP contribution < -0.4 is 5.32 Å². The topological polar surface area (TPSA) is 46.2 Å². The molecule has 16 heavy (non-hydrogen) atoms. The van der Waals surface area contributed by atoms with Gasteiger partial charge in [0.05, 0.1) is 0 Å². The summed E-state index contributed by atoms with van der Waals surface area (Å²) in [4.78, 5) is 23.0. The van der Waals surface area contributed by atoms with Gasteiger partial charge in [-0.1, -0.05) is 34.6 Å². The van der Waals surface area contributed by atoms with Gasteiger partial charge < -0.3 is 5.32 Å². The van der Waals surface area contributed by atoms with Crippen molar-refractivity contribution in [2.24, 2.45) is 17.8 Å². The zero-order valence-corrected chi connectivity index (χ0v) is 11.2. The summed E-state index contributed by atoms with van der Waals surface area (Å²) in [5, 5.41) is 2.86. The predicted octanol–water partition coefficient (Wildman–Crippen LogP) is 2.40. The molecule has 0 fully saturated rings. The molecule has 1 amide bonds. The molecule has 3 nitrogen and oxygen atoms in total. The van der Waals surface area contributed by atoms with Crippen LogP contribution >= 0.6 is 0 Å². The van der Waals surface area contributed by atoms with E-state index in [2.05, 4.69) is 19.2 Å². The molecule has 3 heteroatoms. The van der Waals surface area contributed by atoms with Crippen molar-refractivity contribution in [2.75, 3.05) is 6.54 Å². The van der Waals surface area contributed by atoms with Gasteiger partial charge in [0.1, 0.15) is 5.78 Å². The molecule has 0 saturated heterocycles. The van der Waals surface area contributed by atoms with Crippen molar-refractivity contribution < 1.29 is 9.59 Å². The highest BCUT2D eigenvalue weighted by molar-refractivity contribution is 5.83. The minimum Gasteiger partial charge on any atom is -0.356 e. The van der Waals surface area contributed by atoms with Gasteiger partial charge in [-0.2, -0.15) is 0 Å². The normalized spacial score (nSPS) is 12.9. The molecule has 0 aliphatic carbocycles. The van der Waals surface area contributed by atoms with Gasteiger partial charge >= 0.3 is 0 Å². The molecular formula is C13H25NO2. The van der Waals surface area contributed by atoms with Crippen molar-refractivity contribution in [2.45, 2.75) is 47.5 Å². The third-order valence-corrected chi connectivity index (χ3v) is 2.57. The first kappa shape index (κ1) is 15.1. The highest BCUT2D eigenvalue weighted by Gasteiger charge is 2.17. The van der Waals surface area contributed by atoms with E-state index >= 15 is 0 Å². The number of amides is 1. The number of nitrogens with one attached hydrogen (secondary N) is 1. The fraction of sp³-hybridized carbons (Fsp3) is 0.846. The van der Waals surface area contributed by atoms with Crippen molar-refractivity contribution in [3.8, 4) is 0 Å². The summed E-state index contributed by atoms with van der Waals surface area (Å²) in [6.07, 6.45) is 1.10. The van der Waals surface area contributed by atoms with E-state index in [-0.39, 0.29) is 23.5 Å². The lowest BCUT2D eigenvalue weighted by atomic mass is 9.93. The number of hydrogen-bond donors (Lipinski definition) is 1. The number of rotatable bonds is 7. The second-order valence-corrected chi connectivity index (χ2v) is 5.19. The Labute approximate surface area is 99.0 Å². The zero-order valence-electron chi connectivity index (χ0n) is 11.2. The quantitative estimate of drug-likeness (QED) is 0.726. The Kier molecular flexibility index (Phi) is 7.02. The smallest absolute Gasteiger partial charge is 0.220 e. The van der Waals surface area contributed by atoms with Crippen LogP contribution in [0.15, 0.2) is 0 Å². The summed E-state index contributed by atoms with van der Waals surface area (Å²) in [6.45, 7) is 10.5. The Morgan fingerprint density at radius 1 is 1.06 bits per heavy atom. The second kappa shape index (κ2) is 7.42. The Morgan fingerprint density at radius 2 is 1.62 bits per heavy atom. The molecule has 0 aromatic rings. The van der Waals surface area contributed by atoms with Crippen LogP contribution in [0.3, 0.4) is 0 Å². The van der Waals surface area contributed by atoms with Gasteiger partial charge in [-0.25, -0.2) is 0 Å². The Balaban J connectivity index is 3.79. The molecule has 1 N–H and O–H groups in total. The van der Waals surface area contributed by atoms with E-state index in [1.54, 1.807) is 0 Å². The second-order valence-electron chi connectivity index (χ2n) is 5.19. The third-order valence-electron chi connectivity index (χ3n) is 2.57. The maximum atomic E-state index is 11.6. The van der Waals surface area contributed by atoms with E-state index in [1.165, 1.54) is 0 Å². The molecule has 0 saturated carbocycles. The standard InChI is InChI=1S/C13H25NO2/c1-9(2)8-14-12(15)7-6-11(5)13(16)10(3)4/h9-11H,6-8H2,1-5H3,(H,14,15). The number of ketones is 1. The average molecular weight is 227 g/mol. The fourth-order valence-corrected chi connectivity index (χ4v) is 1.47. The van der Waals surface area contributed by atoms with Crippen molar-refractivity contribution in [3.05, 3.63) is 0 Å². The highest BCUT2D eigenvalue weighted by Crippen LogP contribution is 2.12. The van der Waals surface area contributed by atoms with E-state index in [0.29, 0.717) is 25.3 Å². The number of carbonyl (C=O) groups is 2. The summed E-state index contributed by atoms with van der Waals surface area (Å²) >= 11 is 0. The lowest BCUT2D eigenvalue weighted by molar-refractivity contribution is -0.126. The van der Waals surface area contributed by atoms with Gasteiger partial charge in [0.15, 0.2) is 0 Å².